The number of sulfonamides is 1. The Kier molecular flexibility index (Phi) is 7.52. The number of anilines is 1. The van der Waals surface area contributed by atoms with Crippen LogP contribution in [0.15, 0.2) is 71.1 Å². The topological polar surface area (TPSA) is 75.7 Å². The number of allylic oxidation sites excluding steroid dienone is 1. The minimum atomic E-state index is -3.63. The van der Waals surface area contributed by atoms with E-state index in [0.29, 0.717) is 18.0 Å². The fourth-order valence-corrected chi connectivity index (χ4v) is 4.55. The van der Waals surface area contributed by atoms with Crippen molar-refractivity contribution >= 4 is 21.6 Å². The first-order valence-corrected chi connectivity index (χ1v) is 11.6. The van der Waals surface area contributed by atoms with Crippen LogP contribution in [0.3, 0.4) is 0 Å². The second kappa shape index (κ2) is 10.3. The molecule has 6 nitrogen and oxygen atoms in total. The summed E-state index contributed by atoms with van der Waals surface area (Å²) in [5.74, 6) is 0.341. The van der Waals surface area contributed by atoms with Gasteiger partial charge in [0.05, 0.1) is 10.6 Å². The van der Waals surface area contributed by atoms with Gasteiger partial charge in [-0.05, 0) is 68.5 Å². The van der Waals surface area contributed by atoms with E-state index in [2.05, 4.69) is 11.4 Å². The van der Waals surface area contributed by atoms with Crippen molar-refractivity contribution < 1.29 is 17.9 Å². The number of hydrogen-bond donors (Lipinski definition) is 1. The van der Waals surface area contributed by atoms with Gasteiger partial charge in [0, 0.05) is 13.6 Å². The largest absolute Gasteiger partial charge is 0.484 e. The lowest BCUT2D eigenvalue weighted by atomic mass is 9.97. The molecule has 0 atom stereocenters. The number of ether oxygens (including phenoxy) is 1. The second-order valence-electron chi connectivity index (χ2n) is 7.28. The monoisotopic (exact) mass is 428 g/mol. The summed E-state index contributed by atoms with van der Waals surface area (Å²) >= 11 is 0. The summed E-state index contributed by atoms with van der Waals surface area (Å²) in [6.07, 6.45) is 7.94. The molecule has 0 bridgehead atoms. The van der Waals surface area contributed by atoms with Crippen LogP contribution in [0.5, 0.6) is 5.75 Å². The molecule has 0 fully saturated rings. The molecule has 2 aromatic rings. The number of hydrogen-bond acceptors (Lipinski definition) is 4. The third-order valence-corrected chi connectivity index (χ3v) is 6.92. The van der Waals surface area contributed by atoms with Gasteiger partial charge in [0.25, 0.3) is 15.9 Å². The predicted molar refractivity (Wildman–Crippen MR) is 118 cm³/mol. The standard InChI is InChI=1S/C23H28N2O4S/c1-25(30(27,28)22-10-6-3-7-11-22)20-12-14-21(15-13-20)29-18-23(26)24-17-16-19-8-4-2-5-9-19/h3,6-8,10-15H,2,4-5,9,16-18H2,1H3,(H,24,26). The fraction of sp³-hybridized carbons (Fsp3) is 0.348. The number of benzene rings is 2. The van der Waals surface area contributed by atoms with Gasteiger partial charge < -0.3 is 10.1 Å². The summed E-state index contributed by atoms with van der Waals surface area (Å²) < 4.78 is 32.1. The van der Waals surface area contributed by atoms with Crippen LogP contribution in [-0.4, -0.2) is 34.5 Å². The third-order valence-electron chi connectivity index (χ3n) is 5.13. The summed E-state index contributed by atoms with van der Waals surface area (Å²) in [4.78, 5) is 12.2. The van der Waals surface area contributed by atoms with Crippen LogP contribution in [0.25, 0.3) is 0 Å². The van der Waals surface area contributed by atoms with Crippen molar-refractivity contribution in [3.05, 3.63) is 66.2 Å². The summed E-state index contributed by atoms with van der Waals surface area (Å²) in [5.41, 5.74) is 1.93. The van der Waals surface area contributed by atoms with Crippen molar-refractivity contribution in [3.63, 3.8) is 0 Å². The molecule has 0 aliphatic heterocycles. The molecular formula is C23H28N2O4S. The van der Waals surface area contributed by atoms with Gasteiger partial charge in [0.15, 0.2) is 6.61 Å². The van der Waals surface area contributed by atoms with Crippen LogP contribution >= 0.6 is 0 Å². The first-order chi connectivity index (χ1) is 14.5. The van der Waals surface area contributed by atoms with Gasteiger partial charge in [0.2, 0.25) is 0 Å². The van der Waals surface area contributed by atoms with Gasteiger partial charge >= 0.3 is 0 Å². The molecule has 1 amide bonds. The van der Waals surface area contributed by atoms with E-state index in [9.17, 15) is 13.2 Å². The van der Waals surface area contributed by atoms with E-state index >= 15 is 0 Å². The number of rotatable bonds is 9. The highest BCUT2D eigenvalue weighted by Gasteiger charge is 2.20. The van der Waals surface area contributed by atoms with Gasteiger partial charge in [0.1, 0.15) is 5.75 Å². The van der Waals surface area contributed by atoms with Gasteiger partial charge in [-0.3, -0.25) is 9.10 Å². The van der Waals surface area contributed by atoms with Gasteiger partial charge in [-0.15, -0.1) is 0 Å². The number of carbonyl (C=O) groups excluding carboxylic acids is 1. The molecule has 0 aromatic heterocycles. The Morgan fingerprint density at radius 2 is 1.80 bits per heavy atom. The molecule has 0 unspecified atom stereocenters. The Balaban J connectivity index is 1.48. The van der Waals surface area contributed by atoms with E-state index < -0.39 is 10.0 Å². The van der Waals surface area contributed by atoms with Gasteiger partial charge in [-0.1, -0.05) is 29.8 Å². The molecule has 2 aromatic carbocycles. The Bertz CT molecular complexity index is 970. The maximum Gasteiger partial charge on any atom is 0.264 e. The fourth-order valence-electron chi connectivity index (χ4n) is 3.34. The Morgan fingerprint density at radius 3 is 2.47 bits per heavy atom. The quantitative estimate of drug-likeness (QED) is 0.615. The summed E-state index contributed by atoms with van der Waals surface area (Å²) in [6.45, 7) is 0.547. The van der Waals surface area contributed by atoms with Crippen molar-refractivity contribution in [1.82, 2.24) is 5.32 Å². The molecular weight excluding hydrogens is 400 g/mol. The Morgan fingerprint density at radius 1 is 1.07 bits per heavy atom. The predicted octanol–water partition coefficient (Wildman–Crippen LogP) is 3.90. The first kappa shape index (κ1) is 21.9. The van der Waals surface area contributed by atoms with E-state index in [0.717, 1.165) is 19.3 Å². The SMILES string of the molecule is CN(c1ccc(OCC(=O)NCCC2=CCCCC2)cc1)S(=O)(=O)c1ccccc1. The van der Waals surface area contributed by atoms with Crippen LogP contribution in [0.1, 0.15) is 32.1 Å². The van der Waals surface area contributed by atoms with Gasteiger partial charge in [-0.25, -0.2) is 8.42 Å². The number of nitrogens with one attached hydrogen (secondary N) is 1. The zero-order chi connectivity index (χ0) is 21.4. The smallest absolute Gasteiger partial charge is 0.264 e. The Hall–Kier alpha value is -2.80. The second-order valence-corrected chi connectivity index (χ2v) is 9.25. The van der Waals surface area contributed by atoms with Crippen LogP contribution in [-0.2, 0) is 14.8 Å². The number of carbonyl (C=O) groups is 1. The van der Waals surface area contributed by atoms with Crippen molar-refractivity contribution in [1.29, 1.82) is 0 Å². The minimum absolute atomic E-state index is 0.0729. The van der Waals surface area contributed by atoms with Crippen molar-refractivity contribution in [3.8, 4) is 5.75 Å². The van der Waals surface area contributed by atoms with Crippen LogP contribution in [0.2, 0.25) is 0 Å². The van der Waals surface area contributed by atoms with Crippen molar-refractivity contribution in [2.75, 3.05) is 24.5 Å². The highest BCUT2D eigenvalue weighted by molar-refractivity contribution is 7.92. The van der Waals surface area contributed by atoms with E-state index in [4.69, 9.17) is 4.74 Å². The maximum atomic E-state index is 12.7. The van der Waals surface area contributed by atoms with E-state index in [1.54, 1.807) is 54.6 Å². The number of nitrogens with zero attached hydrogens (tertiary/aromatic N) is 1. The lowest BCUT2D eigenvalue weighted by Gasteiger charge is -2.19. The summed E-state index contributed by atoms with van der Waals surface area (Å²) in [5, 5.41) is 2.88. The van der Waals surface area contributed by atoms with Crippen LogP contribution in [0.4, 0.5) is 5.69 Å². The van der Waals surface area contributed by atoms with Crippen molar-refractivity contribution in [2.24, 2.45) is 0 Å². The van der Waals surface area contributed by atoms with E-state index in [1.807, 2.05) is 0 Å². The lowest BCUT2D eigenvalue weighted by molar-refractivity contribution is -0.123. The molecule has 3 rings (SSSR count). The molecule has 0 saturated carbocycles. The molecule has 0 radical (unpaired) electrons. The summed E-state index contributed by atoms with van der Waals surface area (Å²) in [7, 11) is -2.12. The average Bonchev–Trinajstić information content (AvgIpc) is 2.79. The first-order valence-electron chi connectivity index (χ1n) is 10.2. The molecule has 0 heterocycles. The highest BCUT2D eigenvalue weighted by atomic mass is 32.2. The van der Waals surface area contributed by atoms with Crippen molar-refractivity contribution in [2.45, 2.75) is 37.0 Å². The molecule has 0 saturated heterocycles. The minimum Gasteiger partial charge on any atom is -0.484 e. The van der Waals surface area contributed by atoms with Crippen LogP contribution in [0, 0.1) is 0 Å². The maximum absolute atomic E-state index is 12.7. The van der Waals surface area contributed by atoms with Gasteiger partial charge in [-0.2, -0.15) is 0 Å². The zero-order valence-electron chi connectivity index (χ0n) is 17.2. The molecule has 1 aliphatic carbocycles. The average molecular weight is 429 g/mol. The molecule has 1 aliphatic rings. The molecule has 0 spiro atoms. The highest BCUT2D eigenvalue weighted by Crippen LogP contribution is 2.24. The van der Waals surface area contributed by atoms with E-state index in [1.165, 1.54) is 29.8 Å². The normalized spacial score (nSPS) is 14.0. The lowest BCUT2D eigenvalue weighted by Crippen LogP contribution is -2.30. The summed E-state index contributed by atoms with van der Waals surface area (Å²) in [6, 6.07) is 14.9. The molecule has 7 heteroatoms. The molecule has 1 N–H and O–H groups in total. The number of amides is 1. The molecule has 160 valence electrons. The zero-order valence-corrected chi connectivity index (χ0v) is 18.0. The van der Waals surface area contributed by atoms with Crippen LogP contribution < -0.4 is 14.4 Å². The van der Waals surface area contributed by atoms with E-state index in [-0.39, 0.29) is 17.4 Å². The third kappa shape index (κ3) is 5.86. The Labute approximate surface area is 178 Å². The molecule has 30 heavy (non-hydrogen) atoms.